The van der Waals surface area contributed by atoms with Crippen LogP contribution in [0, 0.1) is 0 Å². The Bertz CT molecular complexity index is 789. The van der Waals surface area contributed by atoms with E-state index in [0.717, 1.165) is 25.9 Å². The second-order valence-electron chi connectivity index (χ2n) is 7.44. The summed E-state index contributed by atoms with van der Waals surface area (Å²) in [6.45, 7) is 3.82. The van der Waals surface area contributed by atoms with E-state index in [1.165, 1.54) is 37.3 Å². The van der Waals surface area contributed by atoms with Crippen LogP contribution in [0.15, 0.2) is 51.9 Å². The molecular formula is C21H26N2O3. The molecule has 2 saturated heterocycles. The van der Waals surface area contributed by atoms with E-state index in [4.69, 9.17) is 4.42 Å². The average molecular weight is 354 g/mol. The van der Waals surface area contributed by atoms with Gasteiger partial charge in [0.05, 0.1) is 6.54 Å². The molecule has 2 unspecified atom stereocenters. The summed E-state index contributed by atoms with van der Waals surface area (Å²) in [5.74, 6) is 0.309. The number of hydrogen-bond acceptors (Lipinski definition) is 5. The molecule has 0 aliphatic carbocycles. The van der Waals surface area contributed by atoms with Gasteiger partial charge in [0.1, 0.15) is 12.0 Å². The SMILES string of the molecule is O=c1cc(CN2CCCC2C2CCCN2Cc2ccccc2)occ1O. The van der Waals surface area contributed by atoms with Crippen LogP contribution in [0.3, 0.4) is 0 Å². The standard InChI is InChI=1S/C21H26N2O3/c24-20-12-17(26-15-21(20)25)14-23-11-5-9-19(23)18-8-4-10-22(18)13-16-6-2-1-3-7-16/h1-3,6-7,12,15,18-19,25H,4-5,8-11,13-14H2. The van der Waals surface area contributed by atoms with Crippen LogP contribution < -0.4 is 5.43 Å². The largest absolute Gasteiger partial charge is 0.502 e. The van der Waals surface area contributed by atoms with Gasteiger partial charge in [-0.3, -0.25) is 14.6 Å². The van der Waals surface area contributed by atoms with Gasteiger partial charge in [-0.15, -0.1) is 0 Å². The van der Waals surface area contributed by atoms with Crippen molar-refractivity contribution in [3.05, 3.63) is 64.2 Å². The van der Waals surface area contributed by atoms with Crippen LogP contribution in [0.2, 0.25) is 0 Å². The zero-order valence-electron chi connectivity index (χ0n) is 15.0. The highest BCUT2D eigenvalue weighted by molar-refractivity contribution is 5.16. The van der Waals surface area contributed by atoms with Crippen molar-refractivity contribution >= 4 is 0 Å². The fourth-order valence-corrected chi connectivity index (χ4v) is 4.51. The average Bonchev–Trinajstić information content (AvgIpc) is 3.28. The predicted octanol–water partition coefficient (Wildman–Crippen LogP) is 2.97. The zero-order chi connectivity index (χ0) is 17.9. The molecule has 2 aliphatic rings. The number of benzene rings is 1. The first-order valence-corrected chi connectivity index (χ1v) is 9.53. The summed E-state index contributed by atoms with van der Waals surface area (Å²) in [7, 11) is 0. The van der Waals surface area contributed by atoms with Gasteiger partial charge in [0, 0.05) is 24.7 Å². The lowest BCUT2D eigenvalue weighted by molar-refractivity contribution is 0.118. The molecule has 2 aromatic rings. The lowest BCUT2D eigenvalue weighted by Crippen LogP contribution is -2.45. The molecule has 5 nitrogen and oxygen atoms in total. The highest BCUT2D eigenvalue weighted by Gasteiger charge is 2.37. The number of likely N-dealkylation sites (tertiary alicyclic amines) is 2. The van der Waals surface area contributed by atoms with E-state index in [1.54, 1.807) is 0 Å². The quantitative estimate of drug-likeness (QED) is 0.895. The molecule has 1 aromatic heterocycles. The molecule has 5 heteroatoms. The molecule has 0 spiro atoms. The minimum Gasteiger partial charge on any atom is -0.502 e. The second kappa shape index (κ2) is 7.64. The summed E-state index contributed by atoms with van der Waals surface area (Å²) < 4.78 is 5.43. The Morgan fingerprint density at radius 3 is 2.31 bits per heavy atom. The molecule has 4 rings (SSSR count). The number of rotatable bonds is 5. The number of aromatic hydroxyl groups is 1. The highest BCUT2D eigenvalue weighted by atomic mass is 16.4. The Kier molecular flexibility index (Phi) is 5.09. The smallest absolute Gasteiger partial charge is 0.226 e. The topological polar surface area (TPSA) is 56.9 Å². The lowest BCUT2D eigenvalue weighted by atomic mass is 10.0. The first-order valence-electron chi connectivity index (χ1n) is 9.53. The monoisotopic (exact) mass is 354 g/mol. The van der Waals surface area contributed by atoms with E-state index in [2.05, 4.69) is 40.1 Å². The zero-order valence-corrected chi connectivity index (χ0v) is 15.0. The lowest BCUT2D eigenvalue weighted by Gasteiger charge is -2.35. The van der Waals surface area contributed by atoms with Crippen molar-refractivity contribution in [3.8, 4) is 5.75 Å². The van der Waals surface area contributed by atoms with Crippen LogP contribution in [0.1, 0.15) is 37.0 Å². The minimum atomic E-state index is -0.367. The second-order valence-corrected chi connectivity index (χ2v) is 7.44. The first-order chi connectivity index (χ1) is 12.7. The van der Waals surface area contributed by atoms with Crippen molar-refractivity contribution in [1.29, 1.82) is 0 Å². The van der Waals surface area contributed by atoms with Crippen LogP contribution in [-0.2, 0) is 13.1 Å². The van der Waals surface area contributed by atoms with Gasteiger partial charge < -0.3 is 9.52 Å². The molecule has 0 radical (unpaired) electrons. The Balaban J connectivity index is 1.46. The maximum atomic E-state index is 11.7. The number of hydrogen-bond donors (Lipinski definition) is 1. The summed E-state index contributed by atoms with van der Waals surface area (Å²) >= 11 is 0. The molecule has 3 heterocycles. The van der Waals surface area contributed by atoms with Crippen LogP contribution in [0.25, 0.3) is 0 Å². The van der Waals surface area contributed by atoms with Gasteiger partial charge in [-0.2, -0.15) is 0 Å². The predicted molar refractivity (Wildman–Crippen MR) is 99.9 cm³/mol. The molecule has 2 fully saturated rings. The fraction of sp³-hybridized carbons (Fsp3) is 0.476. The van der Waals surface area contributed by atoms with Crippen molar-refractivity contribution in [1.82, 2.24) is 9.80 Å². The maximum Gasteiger partial charge on any atom is 0.226 e. The molecule has 26 heavy (non-hydrogen) atoms. The first kappa shape index (κ1) is 17.3. The van der Waals surface area contributed by atoms with Gasteiger partial charge in [0.25, 0.3) is 0 Å². The van der Waals surface area contributed by atoms with Gasteiger partial charge in [0.2, 0.25) is 5.43 Å². The Morgan fingerprint density at radius 1 is 1.00 bits per heavy atom. The van der Waals surface area contributed by atoms with Crippen LogP contribution in [0.4, 0.5) is 0 Å². The third-order valence-corrected chi connectivity index (χ3v) is 5.73. The van der Waals surface area contributed by atoms with Gasteiger partial charge in [-0.25, -0.2) is 0 Å². The van der Waals surface area contributed by atoms with Gasteiger partial charge >= 0.3 is 0 Å². The van der Waals surface area contributed by atoms with Crippen LogP contribution >= 0.6 is 0 Å². The summed E-state index contributed by atoms with van der Waals surface area (Å²) in [4.78, 5) is 16.7. The molecular weight excluding hydrogens is 328 g/mol. The summed E-state index contributed by atoms with van der Waals surface area (Å²) in [5, 5.41) is 9.38. The van der Waals surface area contributed by atoms with E-state index in [9.17, 15) is 9.90 Å². The Labute approximate surface area is 153 Å². The normalized spacial score (nSPS) is 24.3. The molecule has 1 aromatic carbocycles. The summed E-state index contributed by atoms with van der Waals surface area (Å²) in [6.07, 6.45) is 6.00. The van der Waals surface area contributed by atoms with Crippen molar-refractivity contribution in [2.75, 3.05) is 13.1 Å². The molecule has 2 atom stereocenters. The number of nitrogens with zero attached hydrogens (tertiary/aromatic N) is 2. The van der Waals surface area contributed by atoms with E-state index in [-0.39, 0.29) is 11.2 Å². The summed E-state index contributed by atoms with van der Waals surface area (Å²) in [6, 6.07) is 13.2. The summed E-state index contributed by atoms with van der Waals surface area (Å²) in [5.41, 5.74) is 1.00. The van der Waals surface area contributed by atoms with E-state index >= 15 is 0 Å². The molecule has 0 saturated carbocycles. The van der Waals surface area contributed by atoms with Crippen molar-refractivity contribution < 1.29 is 9.52 Å². The molecule has 1 N–H and O–H groups in total. The van der Waals surface area contributed by atoms with Crippen LogP contribution in [-0.4, -0.2) is 40.1 Å². The van der Waals surface area contributed by atoms with Crippen LogP contribution in [0.5, 0.6) is 5.75 Å². The third kappa shape index (κ3) is 3.69. The Hall–Kier alpha value is -2.11. The molecule has 2 aliphatic heterocycles. The van der Waals surface area contributed by atoms with Gasteiger partial charge in [0.15, 0.2) is 5.75 Å². The Morgan fingerprint density at radius 2 is 1.65 bits per heavy atom. The van der Waals surface area contributed by atoms with Crippen molar-refractivity contribution in [3.63, 3.8) is 0 Å². The van der Waals surface area contributed by atoms with Crippen molar-refractivity contribution in [2.24, 2.45) is 0 Å². The van der Waals surface area contributed by atoms with E-state index in [0.29, 0.717) is 24.4 Å². The van der Waals surface area contributed by atoms with Crippen molar-refractivity contribution in [2.45, 2.75) is 50.9 Å². The van der Waals surface area contributed by atoms with Gasteiger partial charge in [-0.05, 0) is 44.3 Å². The van der Waals surface area contributed by atoms with E-state index < -0.39 is 0 Å². The molecule has 138 valence electrons. The molecule has 0 bridgehead atoms. The van der Waals surface area contributed by atoms with E-state index in [1.807, 2.05) is 0 Å². The minimum absolute atomic E-state index is 0.323. The third-order valence-electron chi connectivity index (χ3n) is 5.73. The maximum absolute atomic E-state index is 11.7. The molecule has 0 amide bonds. The fourth-order valence-electron chi connectivity index (χ4n) is 4.51. The highest BCUT2D eigenvalue weighted by Crippen LogP contribution is 2.32. The van der Waals surface area contributed by atoms with Gasteiger partial charge in [-0.1, -0.05) is 30.3 Å².